The van der Waals surface area contributed by atoms with Gasteiger partial charge in [-0.2, -0.15) is 0 Å². The van der Waals surface area contributed by atoms with E-state index in [0.29, 0.717) is 30.7 Å². The Balaban J connectivity index is 1.80. The van der Waals surface area contributed by atoms with E-state index in [1.165, 1.54) is 6.92 Å². The number of fused-ring (bicyclic) bond motifs is 1. The molecule has 1 saturated carbocycles. The molecule has 3 nitrogen and oxygen atoms in total. The standard InChI is InChI=1S/C10H16O3/c1-6-3-9-10(13-9)4-8(6)5-12-7(2)11/h6,8-10H,3-5H2,1-2H3/t6-,8-,9-,10+/m1/s1. The first-order valence-electron chi connectivity index (χ1n) is 4.95. The first-order chi connectivity index (χ1) is 6.16. The maximum absolute atomic E-state index is 10.6. The molecule has 0 N–H and O–H groups in total. The Morgan fingerprint density at radius 2 is 2.15 bits per heavy atom. The molecule has 0 aromatic rings. The van der Waals surface area contributed by atoms with Crippen LogP contribution in [0.15, 0.2) is 0 Å². The molecule has 2 aliphatic rings. The predicted octanol–water partition coefficient (Wildman–Crippen LogP) is 1.36. The van der Waals surface area contributed by atoms with Crippen LogP contribution in [0.2, 0.25) is 0 Å². The third-order valence-corrected chi connectivity index (χ3v) is 3.13. The van der Waals surface area contributed by atoms with Gasteiger partial charge in [-0.25, -0.2) is 0 Å². The fraction of sp³-hybridized carbons (Fsp3) is 0.900. The summed E-state index contributed by atoms with van der Waals surface area (Å²) in [5.41, 5.74) is 0. The molecule has 0 aromatic carbocycles. The Hall–Kier alpha value is -0.570. The number of carbonyl (C=O) groups excluding carboxylic acids is 1. The Labute approximate surface area is 78.4 Å². The Morgan fingerprint density at radius 1 is 1.46 bits per heavy atom. The molecular formula is C10H16O3. The van der Waals surface area contributed by atoms with E-state index in [9.17, 15) is 4.79 Å². The molecule has 4 atom stereocenters. The van der Waals surface area contributed by atoms with Crippen LogP contribution in [0.1, 0.15) is 26.7 Å². The summed E-state index contributed by atoms with van der Waals surface area (Å²) >= 11 is 0. The van der Waals surface area contributed by atoms with Gasteiger partial charge in [-0.05, 0) is 24.7 Å². The maximum atomic E-state index is 10.6. The monoisotopic (exact) mass is 184 g/mol. The Morgan fingerprint density at radius 3 is 2.85 bits per heavy atom. The second kappa shape index (κ2) is 3.29. The van der Waals surface area contributed by atoms with Crippen LogP contribution in [0.5, 0.6) is 0 Å². The normalized spacial score (nSPS) is 42.3. The lowest BCUT2D eigenvalue weighted by atomic mass is 9.81. The molecule has 0 bridgehead atoms. The van der Waals surface area contributed by atoms with Crippen molar-refractivity contribution in [3.63, 3.8) is 0 Å². The second-order valence-corrected chi connectivity index (χ2v) is 4.22. The molecule has 1 aliphatic carbocycles. The van der Waals surface area contributed by atoms with Crippen LogP contribution in [-0.2, 0) is 14.3 Å². The van der Waals surface area contributed by atoms with Crippen LogP contribution in [0.4, 0.5) is 0 Å². The molecule has 2 fully saturated rings. The van der Waals surface area contributed by atoms with Crippen LogP contribution in [0.3, 0.4) is 0 Å². The molecule has 2 rings (SSSR count). The first kappa shape index (κ1) is 9.00. The smallest absolute Gasteiger partial charge is 0.302 e. The molecule has 1 saturated heterocycles. The van der Waals surface area contributed by atoms with Gasteiger partial charge in [0, 0.05) is 6.92 Å². The van der Waals surface area contributed by atoms with Gasteiger partial charge in [0.2, 0.25) is 0 Å². The molecule has 1 aliphatic heterocycles. The van der Waals surface area contributed by atoms with Gasteiger partial charge in [-0.1, -0.05) is 6.92 Å². The first-order valence-corrected chi connectivity index (χ1v) is 4.95. The van der Waals surface area contributed by atoms with Crippen molar-refractivity contribution in [1.82, 2.24) is 0 Å². The summed E-state index contributed by atoms with van der Waals surface area (Å²) in [4.78, 5) is 10.6. The van der Waals surface area contributed by atoms with Crippen LogP contribution >= 0.6 is 0 Å². The van der Waals surface area contributed by atoms with Gasteiger partial charge < -0.3 is 9.47 Å². The van der Waals surface area contributed by atoms with E-state index in [1.807, 2.05) is 0 Å². The van der Waals surface area contributed by atoms with E-state index in [4.69, 9.17) is 9.47 Å². The molecule has 0 radical (unpaired) electrons. The van der Waals surface area contributed by atoms with Gasteiger partial charge >= 0.3 is 5.97 Å². The van der Waals surface area contributed by atoms with E-state index in [2.05, 4.69) is 6.92 Å². The summed E-state index contributed by atoms with van der Waals surface area (Å²) in [6.45, 7) is 4.25. The van der Waals surface area contributed by atoms with Crippen molar-refractivity contribution < 1.29 is 14.3 Å². The zero-order valence-electron chi connectivity index (χ0n) is 8.16. The largest absolute Gasteiger partial charge is 0.466 e. The number of epoxide rings is 1. The lowest BCUT2D eigenvalue weighted by Crippen LogP contribution is -2.26. The van der Waals surface area contributed by atoms with Crippen LogP contribution in [0.25, 0.3) is 0 Å². The summed E-state index contributed by atoms with van der Waals surface area (Å²) in [5.74, 6) is 0.960. The van der Waals surface area contributed by atoms with E-state index in [1.54, 1.807) is 0 Å². The van der Waals surface area contributed by atoms with Gasteiger partial charge in [0.1, 0.15) is 0 Å². The number of ether oxygens (including phenoxy) is 2. The Kier molecular flexibility index (Phi) is 2.28. The number of hydrogen-bond donors (Lipinski definition) is 0. The van der Waals surface area contributed by atoms with Crippen LogP contribution in [0, 0.1) is 11.8 Å². The quantitative estimate of drug-likeness (QED) is 0.480. The molecule has 13 heavy (non-hydrogen) atoms. The highest BCUT2D eigenvalue weighted by molar-refractivity contribution is 5.65. The number of rotatable bonds is 2. The topological polar surface area (TPSA) is 38.8 Å². The van der Waals surface area contributed by atoms with Gasteiger partial charge in [0.05, 0.1) is 18.8 Å². The third-order valence-electron chi connectivity index (χ3n) is 3.13. The van der Waals surface area contributed by atoms with Crippen molar-refractivity contribution in [3.05, 3.63) is 0 Å². The van der Waals surface area contributed by atoms with Gasteiger partial charge in [0.25, 0.3) is 0 Å². The average Bonchev–Trinajstić information content (AvgIpc) is 2.77. The number of carbonyl (C=O) groups is 1. The zero-order chi connectivity index (χ0) is 9.42. The molecule has 74 valence electrons. The lowest BCUT2D eigenvalue weighted by Gasteiger charge is -2.25. The van der Waals surface area contributed by atoms with Crippen molar-refractivity contribution in [3.8, 4) is 0 Å². The third kappa shape index (κ3) is 2.02. The van der Waals surface area contributed by atoms with Crippen molar-refractivity contribution in [2.45, 2.75) is 38.9 Å². The maximum Gasteiger partial charge on any atom is 0.302 e. The van der Waals surface area contributed by atoms with Gasteiger partial charge in [-0.3, -0.25) is 4.79 Å². The van der Waals surface area contributed by atoms with E-state index in [0.717, 1.165) is 12.8 Å². The summed E-state index contributed by atoms with van der Waals surface area (Å²) < 4.78 is 10.5. The van der Waals surface area contributed by atoms with E-state index < -0.39 is 0 Å². The summed E-state index contributed by atoms with van der Waals surface area (Å²) in [6.07, 6.45) is 3.19. The summed E-state index contributed by atoms with van der Waals surface area (Å²) in [7, 11) is 0. The lowest BCUT2D eigenvalue weighted by molar-refractivity contribution is -0.143. The van der Waals surface area contributed by atoms with Crippen molar-refractivity contribution in [1.29, 1.82) is 0 Å². The van der Waals surface area contributed by atoms with Gasteiger partial charge in [0.15, 0.2) is 0 Å². The van der Waals surface area contributed by atoms with E-state index >= 15 is 0 Å². The second-order valence-electron chi connectivity index (χ2n) is 4.22. The fourth-order valence-corrected chi connectivity index (χ4v) is 2.14. The van der Waals surface area contributed by atoms with Crippen molar-refractivity contribution >= 4 is 5.97 Å². The number of esters is 1. The molecule has 0 amide bonds. The summed E-state index contributed by atoms with van der Waals surface area (Å²) in [5, 5.41) is 0. The molecular weight excluding hydrogens is 168 g/mol. The Bertz CT molecular complexity index is 214. The van der Waals surface area contributed by atoms with Crippen LogP contribution < -0.4 is 0 Å². The minimum absolute atomic E-state index is 0.175. The SMILES string of the molecule is CC(=O)OC[C@H]1C[C@@H]2O[C@@H]2C[C@H]1C. The predicted molar refractivity (Wildman–Crippen MR) is 47.2 cm³/mol. The highest BCUT2D eigenvalue weighted by Crippen LogP contribution is 2.42. The van der Waals surface area contributed by atoms with E-state index in [-0.39, 0.29) is 5.97 Å². The van der Waals surface area contributed by atoms with Crippen molar-refractivity contribution in [2.24, 2.45) is 11.8 Å². The minimum Gasteiger partial charge on any atom is -0.466 e. The zero-order valence-corrected chi connectivity index (χ0v) is 8.16. The molecule has 1 heterocycles. The molecule has 0 spiro atoms. The summed E-state index contributed by atoms with van der Waals surface area (Å²) in [6, 6.07) is 0. The molecule has 3 heteroatoms. The highest BCUT2D eigenvalue weighted by Gasteiger charge is 2.46. The molecule has 0 unspecified atom stereocenters. The van der Waals surface area contributed by atoms with Crippen LogP contribution in [-0.4, -0.2) is 24.8 Å². The number of hydrogen-bond acceptors (Lipinski definition) is 3. The van der Waals surface area contributed by atoms with Crippen molar-refractivity contribution in [2.75, 3.05) is 6.61 Å². The fourth-order valence-electron chi connectivity index (χ4n) is 2.14. The molecule has 0 aromatic heterocycles. The van der Waals surface area contributed by atoms with Gasteiger partial charge in [-0.15, -0.1) is 0 Å². The minimum atomic E-state index is -0.175. The average molecular weight is 184 g/mol. The highest BCUT2D eigenvalue weighted by atomic mass is 16.6.